The number of nitrogens with one attached hydrogen (secondary N) is 1. The maximum absolute atomic E-state index is 6.04. The number of rotatable bonds is 8. The molecule has 0 amide bonds. The first-order valence-corrected chi connectivity index (χ1v) is 7.62. The largest absolute Gasteiger partial charge is 0.491 e. The Balaban J connectivity index is 1.96. The molecule has 0 spiro atoms. The van der Waals surface area contributed by atoms with Crippen molar-refractivity contribution in [2.45, 2.75) is 40.3 Å². The van der Waals surface area contributed by atoms with E-state index < -0.39 is 0 Å². The lowest BCUT2D eigenvalue weighted by molar-refractivity contribution is 0.291. The van der Waals surface area contributed by atoms with Crippen LogP contribution in [0.1, 0.15) is 30.3 Å². The fourth-order valence-corrected chi connectivity index (χ4v) is 2.34. The summed E-state index contributed by atoms with van der Waals surface area (Å²) in [5.41, 5.74) is 2.42. The number of ether oxygens (including phenoxy) is 1. The summed E-state index contributed by atoms with van der Waals surface area (Å²) in [7, 11) is 0. The molecule has 0 aliphatic carbocycles. The Morgan fingerprint density at radius 3 is 2.86 bits per heavy atom. The minimum absolute atomic E-state index is 0.656. The van der Waals surface area contributed by atoms with Crippen molar-refractivity contribution in [3.8, 4) is 5.75 Å². The molecule has 114 valence electrons. The number of para-hydroxylation sites is 1. The van der Waals surface area contributed by atoms with Crippen LogP contribution in [0.4, 0.5) is 0 Å². The van der Waals surface area contributed by atoms with Gasteiger partial charge in [-0.25, -0.2) is 4.98 Å². The molecular weight excluding hydrogens is 262 g/mol. The molecule has 2 aromatic rings. The molecule has 0 radical (unpaired) electrons. The minimum Gasteiger partial charge on any atom is -0.491 e. The van der Waals surface area contributed by atoms with Gasteiger partial charge in [0.2, 0.25) is 0 Å². The zero-order valence-corrected chi connectivity index (χ0v) is 13.2. The van der Waals surface area contributed by atoms with E-state index in [4.69, 9.17) is 4.74 Å². The Bertz CT molecular complexity index is 563. The summed E-state index contributed by atoms with van der Waals surface area (Å²) < 4.78 is 8.14. The molecule has 4 nitrogen and oxygen atoms in total. The van der Waals surface area contributed by atoms with E-state index in [1.165, 1.54) is 11.1 Å². The van der Waals surface area contributed by atoms with Crippen LogP contribution in [0.3, 0.4) is 0 Å². The van der Waals surface area contributed by atoms with E-state index in [1.807, 2.05) is 19.3 Å². The highest BCUT2D eigenvalue weighted by molar-refractivity contribution is 5.40. The van der Waals surface area contributed by atoms with E-state index in [9.17, 15) is 0 Å². The van der Waals surface area contributed by atoms with Gasteiger partial charge in [0.25, 0.3) is 0 Å². The fourth-order valence-electron chi connectivity index (χ4n) is 2.34. The van der Waals surface area contributed by atoms with Gasteiger partial charge < -0.3 is 14.6 Å². The molecule has 1 aromatic carbocycles. The van der Waals surface area contributed by atoms with Gasteiger partial charge in [-0.3, -0.25) is 0 Å². The molecule has 0 saturated carbocycles. The molecule has 0 aliphatic rings. The number of hydrogen-bond donors (Lipinski definition) is 1. The lowest BCUT2D eigenvalue weighted by Gasteiger charge is -2.15. The van der Waals surface area contributed by atoms with Gasteiger partial charge >= 0.3 is 0 Å². The van der Waals surface area contributed by atoms with Crippen LogP contribution in [0, 0.1) is 13.8 Å². The lowest BCUT2D eigenvalue weighted by atomic mass is 10.1. The first kappa shape index (κ1) is 15.6. The standard InChI is InChI=1S/C17H25N3O/c1-4-8-18-13-16-7-5-6-14(2)17(16)21-12-11-20-10-9-19-15(20)3/h5-7,9-10,18H,4,8,11-13H2,1-3H3. The zero-order chi connectivity index (χ0) is 15.1. The van der Waals surface area contributed by atoms with Gasteiger partial charge in [-0.2, -0.15) is 0 Å². The Morgan fingerprint density at radius 1 is 1.29 bits per heavy atom. The predicted molar refractivity (Wildman–Crippen MR) is 85.6 cm³/mol. The third-order valence-electron chi connectivity index (χ3n) is 3.54. The van der Waals surface area contributed by atoms with Crippen LogP contribution < -0.4 is 10.1 Å². The van der Waals surface area contributed by atoms with Crippen LogP contribution in [0.25, 0.3) is 0 Å². The van der Waals surface area contributed by atoms with Crippen molar-refractivity contribution >= 4 is 0 Å². The molecule has 0 saturated heterocycles. The van der Waals surface area contributed by atoms with E-state index in [-0.39, 0.29) is 0 Å². The third-order valence-corrected chi connectivity index (χ3v) is 3.54. The average molecular weight is 287 g/mol. The predicted octanol–water partition coefficient (Wildman–Crippen LogP) is 3.08. The summed E-state index contributed by atoms with van der Waals surface area (Å²) in [4.78, 5) is 4.22. The molecule has 0 atom stereocenters. The Morgan fingerprint density at radius 2 is 2.14 bits per heavy atom. The molecule has 2 rings (SSSR count). The molecule has 0 fully saturated rings. The second kappa shape index (κ2) is 7.84. The summed E-state index contributed by atoms with van der Waals surface area (Å²) in [6.07, 6.45) is 4.95. The number of benzene rings is 1. The lowest BCUT2D eigenvalue weighted by Crippen LogP contribution is -2.16. The quantitative estimate of drug-likeness (QED) is 0.758. The molecule has 4 heteroatoms. The van der Waals surface area contributed by atoms with Gasteiger partial charge in [-0.15, -0.1) is 0 Å². The Hall–Kier alpha value is -1.81. The van der Waals surface area contributed by atoms with Gasteiger partial charge in [0, 0.05) is 24.5 Å². The van der Waals surface area contributed by atoms with Crippen molar-refractivity contribution in [2.24, 2.45) is 0 Å². The second-order valence-electron chi connectivity index (χ2n) is 5.26. The monoisotopic (exact) mass is 287 g/mol. The van der Waals surface area contributed by atoms with E-state index >= 15 is 0 Å². The summed E-state index contributed by atoms with van der Waals surface area (Å²) in [5.74, 6) is 2.03. The van der Waals surface area contributed by atoms with E-state index in [0.717, 1.165) is 37.6 Å². The van der Waals surface area contributed by atoms with Gasteiger partial charge in [0.05, 0.1) is 6.54 Å². The molecule has 0 aliphatic heterocycles. The molecule has 1 N–H and O–H groups in total. The highest BCUT2D eigenvalue weighted by Crippen LogP contribution is 2.23. The van der Waals surface area contributed by atoms with Crippen molar-refractivity contribution in [3.05, 3.63) is 47.5 Å². The van der Waals surface area contributed by atoms with Crippen LogP contribution >= 0.6 is 0 Å². The highest BCUT2D eigenvalue weighted by Gasteiger charge is 2.07. The molecule has 1 heterocycles. The number of imidazole rings is 1. The van der Waals surface area contributed by atoms with Crippen LogP contribution in [0.5, 0.6) is 5.75 Å². The van der Waals surface area contributed by atoms with Crippen molar-refractivity contribution in [1.29, 1.82) is 0 Å². The van der Waals surface area contributed by atoms with Gasteiger partial charge in [-0.05, 0) is 32.4 Å². The maximum atomic E-state index is 6.04. The molecule has 0 unspecified atom stereocenters. The topological polar surface area (TPSA) is 39.1 Å². The van der Waals surface area contributed by atoms with E-state index in [2.05, 4.69) is 46.9 Å². The Labute approximate surface area is 127 Å². The fraction of sp³-hybridized carbons (Fsp3) is 0.471. The van der Waals surface area contributed by atoms with Crippen molar-refractivity contribution in [3.63, 3.8) is 0 Å². The summed E-state index contributed by atoms with van der Waals surface area (Å²) in [5, 5.41) is 3.44. The minimum atomic E-state index is 0.656. The van der Waals surface area contributed by atoms with Crippen molar-refractivity contribution < 1.29 is 4.74 Å². The number of aryl methyl sites for hydroxylation is 2. The maximum Gasteiger partial charge on any atom is 0.126 e. The van der Waals surface area contributed by atoms with Crippen LogP contribution in [-0.2, 0) is 13.1 Å². The molecule has 21 heavy (non-hydrogen) atoms. The van der Waals surface area contributed by atoms with Crippen LogP contribution in [-0.4, -0.2) is 22.7 Å². The normalized spacial score (nSPS) is 10.8. The summed E-state index contributed by atoms with van der Waals surface area (Å²) in [6, 6.07) is 6.32. The van der Waals surface area contributed by atoms with Gasteiger partial charge in [0.15, 0.2) is 0 Å². The molecular formula is C17H25N3O. The number of nitrogens with zero attached hydrogens (tertiary/aromatic N) is 2. The summed E-state index contributed by atoms with van der Waals surface area (Å²) >= 11 is 0. The third kappa shape index (κ3) is 4.33. The first-order chi connectivity index (χ1) is 10.2. The average Bonchev–Trinajstić information content (AvgIpc) is 2.87. The zero-order valence-electron chi connectivity index (χ0n) is 13.2. The Kier molecular flexibility index (Phi) is 5.81. The van der Waals surface area contributed by atoms with Crippen LogP contribution in [0.15, 0.2) is 30.6 Å². The highest BCUT2D eigenvalue weighted by atomic mass is 16.5. The SMILES string of the molecule is CCCNCc1cccc(C)c1OCCn1ccnc1C. The van der Waals surface area contributed by atoms with Gasteiger partial charge in [-0.1, -0.05) is 25.1 Å². The number of hydrogen-bond acceptors (Lipinski definition) is 3. The van der Waals surface area contributed by atoms with Gasteiger partial charge in [0.1, 0.15) is 18.2 Å². The van der Waals surface area contributed by atoms with E-state index in [1.54, 1.807) is 0 Å². The molecule has 0 bridgehead atoms. The molecule has 1 aromatic heterocycles. The van der Waals surface area contributed by atoms with Crippen molar-refractivity contribution in [2.75, 3.05) is 13.2 Å². The first-order valence-electron chi connectivity index (χ1n) is 7.62. The number of aromatic nitrogens is 2. The van der Waals surface area contributed by atoms with Crippen LogP contribution in [0.2, 0.25) is 0 Å². The summed E-state index contributed by atoms with van der Waals surface area (Å²) in [6.45, 7) is 9.64. The van der Waals surface area contributed by atoms with E-state index in [0.29, 0.717) is 6.61 Å². The second-order valence-corrected chi connectivity index (χ2v) is 5.26. The smallest absolute Gasteiger partial charge is 0.126 e. The van der Waals surface area contributed by atoms with Crippen molar-refractivity contribution in [1.82, 2.24) is 14.9 Å².